The molecule has 0 radical (unpaired) electrons. The highest BCUT2D eigenvalue weighted by Crippen LogP contribution is 2.55. The van der Waals surface area contributed by atoms with E-state index >= 15 is 0 Å². The fraction of sp³-hybridized carbons (Fsp3) is 0.125. The van der Waals surface area contributed by atoms with Crippen molar-refractivity contribution in [2.45, 2.75) is 38.5 Å². The molecule has 0 atom stereocenters. The van der Waals surface area contributed by atoms with Crippen LogP contribution in [-0.2, 0) is 10.8 Å². The van der Waals surface area contributed by atoms with Crippen LogP contribution in [0.3, 0.4) is 0 Å². The molecular formula is C48H39N. The van der Waals surface area contributed by atoms with E-state index in [2.05, 4.69) is 196 Å². The lowest BCUT2D eigenvalue weighted by Crippen LogP contribution is -2.17. The molecule has 9 rings (SSSR count). The molecule has 49 heavy (non-hydrogen) atoms. The van der Waals surface area contributed by atoms with E-state index in [0.717, 1.165) is 11.4 Å². The van der Waals surface area contributed by atoms with Gasteiger partial charge >= 0.3 is 0 Å². The summed E-state index contributed by atoms with van der Waals surface area (Å²) in [5.74, 6) is 0. The van der Waals surface area contributed by atoms with E-state index < -0.39 is 0 Å². The second-order valence-electron chi connectivity index (χ2n) is 14.6. The van der Waals surface area contributed by atoms with E-state index in [1.54, 1.807) is 0 Å². The number of hydrogen-bond acceptors (Lipinski definition) is 1. The van der Waals surface area contributed by atoms with Crippen LogP contribution in [0.5, 0.6) is 0 Å². The van der Waals surface area contributed by atoms with Gasteiger partial charge in [0, 0.05) is 27.9 Å². The van der Waals surface area contributed by atoms with Gasteiger partial charge in [-0.15, -0.1) is 0 Å². The minimum Gasteiger partial charge on any atom is -0.310 e. The van der Waals surface area contributed by atoms with Crippen LogP contribution in [-0.4, -0.2) is 0 Å². The number of rotatable bonds is 5. The predicted molar refractivity (Wildman–Crippen MR) is 207 cm³/mol. The van der Waals surface area contributed by atoms with Gasteiger partial charge in [0.2, 0.25) is 0 Å². The fourth-order valence-corrected chi connectivity index (χ4v) is 8.52. The zero-order valence-corrected chi connectivity index (χ0v) is 28.5. The Balaban J connectivity index is 1.27. The minimum atomic E-state index is -0.102. The molecule has 1 heteroatoms. The Kier molecular flexibility index (Phi) is 6.58. The number of nitrogens with zero attached hydrogens (tertiary/aromatic N) is 1. The zero-order chi connectivity index (χ0) is 33.3. The summed E-state index contributed by atoms with van der Waals surface area (Å²) >= 11 is 0. The van der Waals surface area contributed by atoms with Crippen molar-refractivity contribution < 1.29 is 0 Å². The summed E-state index contributed by atoms with van der Waals surface area (Å²) in [7, 11) is 0. The first-order chi connectivity index (χ1) is 23.8. The minimum absolute atomic E-state index is 0.0923. The largest absolute Gasteiger partial charge is 0.310 e. The molecule has 0 saturated carbocycles. The molecule has 0 heterocycles. The second-order valence-corrected chi connectivity index (χ2v) is 14.6. The van der Waals surface area contributed by atoms with E-state index in [0.29, 0.717) is 0 Å². The first kappa shape index (κ1) is 29.5. The van der Waals surface area contributed by atoms with Crippen LogP contribution in [0.2, 0.25) is 0 Å². The lowest BCUT2D eigenvalue weighted by Gasteiger charge is -2.29. The molecule has 236 valence electrons. The summed E-state index contributed by atoms with van der Waals surface area (Å²) in [5, 5.41) is 0. The van der Waals surface area contributed by atoms with Gasteiger partial charge in [0.05, 0.1) is 0 Å². The number of anilines is 3. The zero-order valence-electron chi connectivity index (χ0n) is 28.5. The van der Waals surface area contributed by atoms with E-state index in [4.69, 9.17) is 0 Å². The van der Waals surface area contributed by atoms with Crippen molar-refractivity contribution in [3.63, 3.8) is 0 Å². The Morgan fingerprint density at radius 1 is 0.327 bits per heavy atom. The van der Waals surface area contributed by atoms with Crippen LogP contribution in [0.4, 0.5) is 17.1 Å². The molecule has 0 amide bonds. The molecule has 0 aromatic heterocycles. The van der Waals surface area contributed by atoms with Crippen molar-refractivity contribution >= 4 is 17.1 Å². The third kappa shape index (κ3) is 4.53. The van der Waals surface area contributed by atoms with Crippen molar-refractivity contribution in [2.75, 3.05) is 4.90 Å². The van der Waals surface area contributed by atoms with Gasteiger partial charge in [-0.1, -0.05) is 155 Å². The van der Waals surface area contributed by atoms with Gasteiger partial charge in [0.15, 0.2) is 0 Å². The standard InChI is InChI=1S/C48H39N/c1-47(2)43-28-26-36(30-41(43)46-38(22-14-24-44(46)47)33-17-9-6-10-18-33)49(35-20-13-19-34(29-35)32-15-7-5-8-16-32)37-25-27-40-39-21-11-12-23-42(39)48(3,4)45(40)31-37/h5-31H,1-4H3. The van der Waals surface area contributed by atoms with Crippen LogP contribution in [0.1, 0.15) is 49.9 Å². The average Bonchev–Trinajstić information content (AvgIpc) is 3.52. The Bertz CT molecular complexity index is 2380. The van der Waals surface area contributed by atoms with Gasteiger partial charge in [-0.05, 0) is 103 Å². The lowest BCUT2D eigenvalue weighted by atomic mass is 9.82. The predicted octanol–water partition coefficient (Wildman–Crippen LogP) is 13.1. The third-order valence-electron chi connectivity index (χ3n) is 11.1. The van der Waals surface area contributed by atoms with E-state index in [-0.39, 0.29) is 10.8 Å². The van der Waals surface area contributed by atoms with E-state index in [9.17, 15) is 0 Å². The van der Waals surface area contributed by atoms with Crippen molar-refractivity contribution in [1.29, 1.82) is 0 Å². The lowest BCUT2D eigenvalue weighted by molar-refractivity contribution is 0.660. The van der Waals surface area contributed by atoms with Gasteiger partial charge in [0.1, 0.15) is 0 Å². The summed E-state index contributed by atoms with van der Waals surface area (Å²) in [5.41, 5.74) is 19.1. The third-order valence-corrected chi connectivity index (χ3v) is 11.1. The number of hydrogen-bond donors (Lipinski definition) is 0. The molecule has 0 bridgehead atoms. The van der Waals surface area contributed by atoms with Gasteiger partial charge in [-0.25, -0.2) is 0 Å². The molecule has 0 saturated heterocycles. The quantitative estimate of drug-likeness (QED) is 0.183. The second kappa shape index (κ2) is 10.9. The normalized spacial score (nSPS) is 14.4. The fourth-order valence-electron chi connectivity index (χ4n) is 8.52. The Morgan fingerprint density at radius 3 is 1.65 bits per heavy atom. The van der Waals surface area contributed by atoms with Gasteiger partial charge < -0.3 is 4.90 Å². The monoisotopic (exact) mass is 629 g/mol. The highest BCUT2D eigenvalue weighted by atomic mass is 15.1. The van der Waals surface area contributed by atoms with Crippen molar-refractivity contribution in [3.8, 4) is 44.5 Å². The maximum Gasteiger partial charge on any atom is 0.0468 e. The summed E-state index contributed by atoms with van der Waals surface area (Å²) in [6.07, 6.45) is 0. The first-order valence-electron chi connectivity index (χ1n) is 17.4. The highest BCUT2D eigenvalue weighted by molar-refractivity contribution is 5.95. The maximum absolute atomic E-state index is 2.46. The molecule has 0 spiro atoms. The molecule has 0 aliphatic heterocycles. The van der Waals surface area contributed by atoms with E-state index in [1.807, 2.05) is 0 Å². The number of fused-ring (bicyclic) bond motifs is 6. The summed E-state index contributed by atoms with van der Waals surface area (Å²) in [4.78, 5) is 2.46. The van der Waals surface area contributed by atoms with Crippen LogP contribution in [0, 0.1) is 0 Å². The molecule has 0 unspecified atom stereocenters. The molecule has 7 aromatic carbocycles. The van der Waals surface area contributed by atoms with Gasteiger partial charge in [-0.3, -0.25) is 0 Å². The molecule has 0 fully saturated rings. The van der Waals surface area contributed by atoms with Gasteiger partial charge in [0.25, 0.3) is 0 Å². The number of benzene rings is 7. The van der Waals surface area contributed by atoms with Crippen molar-refractivity contribution in [1.82, 2.24) is 0 Å². The van der Waals surface area contributed by atoms with Crippen molar-refractivity contribution in [3.05, 3.63) is 186 Å². The summed E-state index contributed by atoms with van der Waals surface area (Å²) in [6.45, 7) is 9.46. The smallest absolute Gasteiger partial charge is 0.0468 e. The van der Waals surface area contributed by atoms with E-state index in [1.165, 1.54) is 72.4 Å². The Hall–Kier alpha value is -5.66. The van der Waals surface area contributed by atoms with Crippen LogP contribution in [0.25, 0.3) is 44.5 Å². The van der Waals surface area contributed by atoms with Crippen molar-refractivity contribution in [2.24, 2.45) is 0 Å². The molecule has 1 nitrogen and oxygen atoms in total. The summed E-state index contributed by atoms with van der Waals surface area (Å²) < 4.78 is 0. The average molecular weight is 630 g/mol. The molecular weight excluding hydrogens is 591 g/mol. The molecule has 2 aliphatic carbocycles. The highest BCUT2D eigenvalue weighted by Gasteiger charge is 2.38. The first-order valence-corrected chi connectivity index (χ1v) is 17.4. The van der Waals surface area contributed by atoms with Crippen LogP contribution in [0.15, 0.2) is 164 Å². The Labute approximate surface area is 290 Å². The molecule has 0 N–H and O–H groups in total. The van der Waals surface area contributed by atoms with Crippen LogP contribution >= 0.6 is 0 Å². The maximum atomic E-state index is 2.46. The topological polar surface area (TPSA) is 3.24 Å². The van der Waals surface area contributed by atoms with Gasteiger partial charge in [-0.2, -0.15) is 0 Å². The molecule has 2 aliphatic rings. The summed E-state index contributed by atoms with van der Waals surface area (Å²) in [6, 6.07) is 60.5. The SMILES string of the molecule is CC1(C)c2ccccc2-c2ccc(N(c3cccc(-c4ccccc4)c3)c3ccc4c(c3)-c3c(-c5ccccc5)cccc3C4(C)C)cc21. The Morgan fingerprint density at radius 2 is 0.857 bits per heavy atom. The van der Waals surface area contributed by atoms with Crippen LogP contribution < -0.4 is 4.90 Å². The molecule has 7 aromatic rings.